The lowest BCUT2D eigenvalue weighted by atomic mass is 10.1. The van der Waals surface area contributed by atoms with Crippen LogP contribution in [-0.2, 0) is 0 Å². The predicted molar refractivity (Wildman–Crippen MR) is 136 cm³/mol. The number of carbonyl (C=O) groups excluding carboxylic acids is 1. The lowest BCUT2D eigenvalue weighted by Gasteiger charge is -2.20. The van der Waals surface area contributed by atoms with E-state index in [2.05, 4.69) is 15.6 Å². The van der Waals surface area contributed by atoms with Crippen molar-refractivity contribution in [2.75, 3.05) is 10.6 Å². The molecule has 0 radical (unpaired) electrons. The Labute approximate surface area is 196 Å². The number of aryl methyl sites for hydroxylation is 1. The maximum atomic E-state index is 13.4. The first-order valence-corrected chi connectivity index (χ1v) is 10.9. The van der Waals surface area contributed by atoms with E-state index in [1.54, 1.807) is 24.3 Å². The zero-order valence-electron chi connectivity index (χ0n) is 18.5. The molecule has 0 unspecified atom stereocenters. The van der Waals surface area contributed by atoms with E-state index < -0.39 is 0 Å². The van der Waals surface area contributed by atoms with E-state index in [9.17, 15) is 9.59 Å². The van der Waals surface area contributed by atoms with E-state index in [1.165, 1.54) is 6.07 Å². The van der Waals surface area contributed by atoms with E-state index in [0.717, 1.165) is 11.4 Å². The number of carbonyl (C=O) groups is 1. The second-order valence-corrected chi connectivity index (χ2v) is 7.88. The summed E-state index contributed by atoms with van der Waals surface area (Å²) >= 11 is 0. The van der Waals surface area contributed by atoms with Gasteiger partial charge < -0.3 is 10.6 Å². The maximum Gasteiger partial charge on any atom is 0.256 e. The van der Waals surface area contributed by atoms with Gasteiger partial charge in [0.05, 0.1) is 10.9 Å². The van der Waals surface area contributed by atoms with Gasteiger partial charge in [0.1, 0.15) is 11.6 Å². The van der Waals surface area contributed by atoms with Gasteiger partial charge in [-0.2, -0.15) is 0 Å². The Kier molecular flexibility index (Phi) is 5.62. The number of amides is 1. The molecule has 0 atom stereocenters. The molecule has 5 rings (SSSR count). The van der Waals surface area contributed by atoms with Crippen molar-refractivity contribution in [3.8, 4) is 5.69 Å². The number of hydrogen-bond donors (Lipinski definition) is 2. The number of pyridine rings is 2. The normalized spacial score (nSPS) is 10.7. The highest BCUT2D eigenvalue weighted by molar-refractivity contribution is 6.08. The Hall–Kier alpha value is -4.71. The van der Waals surface area contributed by atoms with Gasteiger partial charge in [0.25, 0.3) is 5.91 Å². The van der Waals surface area contributed by atoms with E-state index in [1.807, 2.05) is 84.3 Å². The number of rotatable bonds is 5. The van der Waals surface area contributed by atoms with Gasteiger partial charge >= 0.3 is 0 Å². The molecule has 0 saturated heterocycles. The van der Waals surface area contributed by atoms with Crippen molar-refractivity contribution >= 4 is 34.1 Å². The summed E-state index contributed by atoms with van der Waals surface area (Å²) in [7, 11) is 0. The lowest BCUT2D eigenvalue weighted by molar-refractivity contribution is 0.102. The van der Waals surface area contributed by atoms with Crippen LogP contribution in [0.3, 0.4) is 0 Å². The molecule has 0 aliphatic rings. The summed E-state index contributed by atoms with van der Waals surface area (Å²) < 4.78 is 1.97. The highest BCUT2D eigenvalue weighted by Crippen LogP contribution is 2.28. The quantitative estimate of drug-likeness (QED) is 0.364. The average Bonchev–Trinajstić information content (AvgIpc) is 2.85. The second kappa shape index (κ2) is 9.03. The minimum absolute atomic E-state index is 0.239. The number of fused-ring (bicyclic) bond motifs is 1. The summed E-state index contributed by atoms with van der Waals surface area (Å²) in [6.45, 7) is 1.84. The fourth-order valence-corrected chi connectivity index (χ4v) is 3.94. The van der Waals surface area contributed by atoms with Crippen LogP contribution < -0.4 is 16.1 Å². The fourth-order valence-electron chi connectivity index (χ4n) is 3.94. The zero-order valence-corrected chi connectivity index (χ0v) is 18.5. The molecule has 6 heteroatoms. The Morgan fingerprint density at radius 3 is 2.12 bits per heavy atom. The largest absolute Gasteiger partial charge is 0.341 e. The first kappa shape index (κ1) is 21.2. The molecule has 0 bridgehead atoms. The number of benzene rings is 3. The van der Waals surface area contributed by atoms with Crippen LogP contribution in [0.25, 0.3) is 16.6 Å². The molecule has 34 heavy (non-hydrogen) atoms. The Bertz CT molecular complexity index is 1530. The van der Waals surface area contributed by atoms with Crippen molar-refractivity contribution in [1.82, 2.24) is 9.55 Å². The molecule has 2 heterocycles. The molecular formula is C28H22N4O2. The number of nitrogens with one attached hydrogen (secondary N) is 2. The Balaban J connectivity index is 1.73. The number of aromatic nitrogens is 2. The smallest absolute Gasteiger partial charge is 0.256 e. The van der Waals surface area contributed by atoms with Crippen LogP contribution in [0, 0.1) is 6.92 Å². The van der Waals surface area contributed by atoms with Crippen LogP contribution in [0.1, 0.15) is 16.1 Å². The van der Waals surface area contributed by atoms with Crippen molar-refractivity contribution < 1.29 is 4.79 Å². The standard InChI is InChI=1S/C28H22N4O2/c1-19-17-23-26(27(29-19)31-28(34)20-11-5-2-6-12-20)24(33)18-25(30-21-13-7-3-8-14-21)32(23)22-15-9-4-10-16-22/h2-18,30H,1H3,(H,29,31,34). The summed E-state index contributed by atoms with van der Waals surface area (Å²) in [4.78, 5) is 30.8. The Morgan fingerprint density at radius 2 is 1.44 bits per heavy atom. The van der Waals surface area contributed by atoms with Crippen molar-refractivity contribution in [2.45, 2.75) is 6.92 Å². The summed E-state index contributed by atoms with van der Waals surface area (Å²) in [5.74, 6) is 0.530. The van der Waals surface area contributed by atoms with E-state index in [4.69, 9.17) is 0 Å². The molecule has 0 aliphatic heterocycles. The van der Waals surface area contributed by atoms with Crippen LogP contribution in [0.2, 0.25) is 0 Å². The average molecular weight is 447 g/mol. The molecule has 1 amide bonds. The number of nitrogens with zero attached hydrogens (tertiary/aromatic N) is 2. The van der Waals surface area contributed by atoms with Crippen molar-refractivity contribution in [2.24, 2.45) is 0 Å². The lowest BCUT2D eigenvalue weighted by Crippen LogP contribution is -2.18. The molecule has 3 aromatic carbocycles. The maximum absolute atomic E-state index is 13.4. The van der Waals surface area contributed by atoms with Gasteiger partial charge in [0.2, 0.25) is 0 Å². The minimum atomic E-state index is -0.322. The highest BCUT2D eigenvalue weighted by Gasteiger charge is 2.18. The molecule has 0 fully saturated rings. The Morgan fingerprint density at radius 1 is 0.824 bits per heavy atom. The van der Waals surface area contributed by atoms with Crippen molar-refractivity contribution in [3.63, 3.8) is 0 Å². The minimum Gasteiger partial charge on any atom is -0.341 e. The fraction of sp³-hybridized carbons (Fsp3) is 0.0357. The second-order valence-electron chi connectivity index (χ2n) is 7.88. The van der Waals surface area contributed by atoms with Gasteiger partial charge in [-0.1, -0.05) is 54.6 Å². The summed E-state index contributed by atoms with van der Waals surface area (Å²) in [5.41, 5.74) is 3.30. The van der Waals surface area contributed by atoms with Crippen LogP contribution in [0.15, 0.2) is 108 Å². The van der Waals surface area contributed by atoms with E-state index in [-0.39, 0.29) is 17.2 Å². The SMILES string of the molecule is Cc1cc2c(c(NC(=O)c3ccccc3)n1)c(=O)cc(Nc1ccccc1)n2-c1ccccc1. The van der Waals surface area contributed by atoms with Crippen molar-refractivity contribution in [3.05, 3.63) is 125 Å². The highest BCUT2D eigenvalue weighted by atomic mass is 16.1. The predicted octanol–water partition coefficient (Wildman–Crippen LogP) is 5.69. The van der Waals surface area contributed by atoms with Crippen LogP contribution in [0.4, 0.5) is 17.3 Å². The van der Waals surface area contributed by atoms with Gasteiger partial charge in [0, 0.05) is 28.7 Å². The molecule has 2 aromatic heterocycles. The van der Waals surface area contributed by atoms with Gasteiger partial charge in [-0.05, 0) is 49.4 Å². The third-order valence-electron chi connectivity index (χ3n) is 5.45. The monoisotopic (exact) mass is 446 g/mol. The van der Waals surface area contributed by atoms with Crippen molar-refractivity contribution in [1.29, 1.82) is 0 Å². The molecule has 166 valence electrons. The number of hydrogen-bond acceptors (Lipinski definition) is 4. The summed E-state index contributed by atoms with van der Waals surface area (Å²) in [5, 5.41) is 6.56. The first-order chi connectivity index (χ1) is 16.6. The molecule has 5 aromatic rings. The number of anilines is 3. The van der Waals surface area contributed by atoms with E-state index in [0.29, 0.717) is 28.0 Å². The van der Waals surface area contributed by atoms with Gasteiger partial charge in [0.15, 0.2) is 5.43 Å². The zero-order chi connectivity index (χ0) is 23.5. The topological polar surface area (TPSA) is 76.0 Å². The summed E-state index contributed by atoms with van der Waals surface area (Å²) in [6, 6.07) is 31.7. The molecule has 2 N–H and O–H groups in total. The first-order valence-electron chi connectivity index (χ1n) is 10.9. The van der Waals surface area contributed by atoms with Gasteiger partial charge in [-0.15, -0.1) is 0 Å². The van der Waals surface area contributed by atoms with Crippen LogP contribution in [0.5, 0.6) is 0 Å². The third kappa shape index (κ3) is 4.17. The number of para-hydroxylation sites is 2. The molecule has 0 spiro atoms. The van der Waals surface area contributed by atoms with Crippen LogP contribution in [-0.4, -0.2) is 15.5 Å². The summed E-state index contributed by atoms with van der Waals surface area (Å²) in [6.07, 6.45) is 0. The molecule has 0 aliphatic carbocycles. The molecule has 6 nitrogen and oxygen atoms in total. The van der Waals surface area contributed by atoms with E-state index >= 15 is 0 Å². The van der Waals surface area contributed by atoms with Gasteiger partial charge in [-0.25, -0.2) is 4.98 Å². The van der Waals surface area contributed by atoms with Crippen LogP contribution >= 0.6 is 0 Å². The molecular weight excluding hydrogens is 424 g/mol. The third-order valence-corrected chi connectivity index (χ3v) is 5.45. The van der Waals surface area contributed by atoms with Gasteiger partial charge in [-0.3, -0.25) is 14.2 Å². The molecule has 0 saturated carbocycles.